The number of aryl methyl sites for hydroxylation is 1. The van der Waals surface area contributed by atoms with E-state index in [2.05, 4.69) is 9.97 Å². The van der Waals surface area contributed by atoms with Gasteiger partial charge in [0.15, 0.2) is 0 Å². The first-order valence-corrected chi connectivity index (χ1v) is 6.43. The van der Waals surface area contributed by atoms with E-state index in [-0.39, 0.29) is 12.5 Å². The van der Waals surface area contributed by atoms with Gasteiger partial charge in [0.2, 0.25) is 0 Å². The van der Waals surface area contributed by atoms with Crippen molar-refractivity contribution in [1.82, 2.24) is 9.97 Å². The van der Waals surface area contributed by atoms with E-state index in [9.17, 15) is 9.90 Å². The summed E-state index contributed by atoms with van der Waals surface area (Å²) in [5.41, 5.74) is 0.381. The van der Waals surface area contributed by atoms with Gasteiger partial charge in [-0.05, 0) is 25.7 Å². The monoisotopic (exact) mass is 265 g/mol. The number of ether oxygens (including phenoxy) is 1. The Hall–Kier alpha value is -1.69. The summed E-state index contributed by atoms with van der Waals surface area (Å²) in [5, 5.41) is 9.28. The second kappa shape index (κ2) is 5.97. The van der Waals surface area contributed by atoms with Gasteiger partial charge in [-0.25, -0.2) is 14.8 Å². The summed E-state index contributed by atoms with van der Waals surface area (Å²) >= 11 is 0. The van der Waals surface area contributed by atoms with Crippen LogP contribution in [0.4, 0.5) is 5.82 Å². The Morgan fingerprint density at radius 2 is 2.42 bits per heavy atom. The molecule has 1 aromatic rings. The molecule has 6 nitrogen and oxygen atoms in total. The first-order valence-electron chi connectivity index (χ1n) is 6.43. The maximum Gasteiger partial charge on any atom is 0.343 e. The lowest BCUT2D eigenvalue weighted by atomic mass is 9.99. The van der Waals surface area contributed by atoms with E-state index < -0.39 is 5.97 Å². The normalized spacial score (nSPS) is 19.3. The number of methoxy groups -OCH3 is 1. The molecule has 6 heteroatoms. The van der Waals surface area contributed by atoms with Crippen LogP contribution >= 0.6 is 0 Å². The fourth-order valence-electron chi connectivity index (χ4n) is 2.36. The van der Waals surface area contributed by atoms with Crippen LogP contribution in [0.5, 0.6) is 0 Å². The lowest BCUT2D eigenvalue weighted by Crippen LogP contribution is -2.38. The third-order valence-electron chi connectivity index (χ3n) is 3.37. The predicted octanol–water partition coefficient (Wildman–Crippen LogP) is 0.780. The van der Waals surface area contributed by atoms with Gasteiger partial charge in [0.05, 0.1) is 7.11 Å². The zero-order chi connectivity index (χ0) is 13.8. The summed E-state index contributed by atoms with van der Waals surface area (Å²) in [5.74, 6) is 1.03. The minimum atomic E-state index is -0.430. The van der Waals surface area contributed by atoms with E-state index in [0.717, 1.165) is 19.4 Å². The van der Waals surface area contributed by atoms with Crippen LogP contribution in [-0.2, 0) is 4.74 Å². The first kappa shape index (κ1) is 13.7. The van der Waals surface area contributed by atoms with Crippen LogP contribution in [0.1, 0.15) is 29.0 Å². The van der Waals surface area contributed by atoms with Gasteiger partial charge in [0.1, 0.15) is 17.2 Å². The third-order valence-corrected chi connectivity index (χ3v) is 3.37. The van der Waals surface area contributed by atoms with Crippen molar-refractivity contribution < 1.29 is 14.6 Å². The van der Waals surface area contributed by atoms with E-state index in [4.69, 9.17) is 4.74 Å². The highest BCUT2D eigenvalue weighted by atomic mass is 16.5. The molecule has 0 amide bonds. The van der Waals surface area contributed by atoms with Gasteiger partial charge in [-0.3, -0.25) is 0 Å². The number of piperidine rings is 1. The predicted molar refractivity (Wildman–Crippen MR) is 70.1 cm³/mol. The van der Waals surface area contributed by atoms with Crippen molar-refractivity contribution in [1.29, 1.82) is 0 Å². The van der Waals surface area contributed by atoms with Gasteiger partial charge in [-0.1, -0.05) is 0 Å². The number of anilines is 1. The first-order chi connectivity index (χ1) is 9.15. The quantitative estimate of drug-likeness (QED) is 0.814. The number of hydrogen-bond acceptors (Lipinski definition) is 6. The molecule has 0 aromatic carbocycles. The minimum absolute atomic E-state index is 0.161. The number of aliphatic hydroxyl groups excluding tert-OH is 1. The number of aromatic nitrogens is 2. The lowest BCUT2D eigenvalue weighted by molar-refractivity contribution is 0.0600. The molecule has 1 N–H and O–H groups in total. The SMILES string of the molecule is COC(=O)c1cnc(C)nc1N1CCCC(CO)C1. The van der Waals surface area contributed by atoms with Crippen molar-refractivity contribution in [3.63, 3.8) is 0 Å². The van der Waals surface area contributed by atoms with Crippen molar-refractivity contribution in [2.45, 2.75) is 19.8 Å². The van der Waals surface area contributed by atoms with E-state index in [1.54, 1.807) is 6.92 Å². The van der Waals surface area contributed by atoms with Crippen LogP contribution in [0, 0.1) is 12.8 Å². The molecular weight excluding hydrogens is 246 g/mol. The van der Waals surface area contributed by atoms with Gasteiger partial charge >= 0.3 is 5.97 Å². The Morgan fingerprint density at radius 1 is 1.63 bits per heavy atom. The second-order valence-corrected chi connectivity index (χ2v) is 4.78. The molecule has 0 radical (unpaired) electrons. The summed E-state index contributed by atoms with van der Waals surface area (Å²) in [7, 11) is 1.35. The van der Waals surface area contributed by atoms with Crippen LogP contribution < -0.4 is 4.90 Å². The second-order valence-electron chi connectivity index (χ2n) is 4.78. The molecule has 1 fully saturated rings. The van der Waals surface area contributed by atoms with Crippen molar-refractivity contribution >= 4 is 11.8 Å². The molecular formula is C13H19N3O3. The molecule has 1 aliphatic rings. The van der Waals surface area contributed by atoms with E-state index >= 15 is 0 Å². The zero-order valence-corrected chi connectivity index (χ0v) is 11.3. The maximum absolute atomic E-state index is 11.8. The molecule has 104 valence electrons. The highest BCUT2D eigenvalue weighted by Crippen LogP contribution is 2.24. The van der Waals surface area contributed by atoms with Crippen LogP contribution in [0.25, 0.3) is 0 Å². The number of carbonyl (C=O) groups is 1. The number of nitrogens with zero attached hydrogens (tertiary/aromatic N) is 3. The molecule has 0 aliphatic carbocycles. The number of hydrogen-bond donors (Lipinski definition) is 1. The Balaban J connectivity index is 2.31. The van der Waals surface area contributed by atoms with Gasteiger partial charge < -0.3 is 14.7 Å². The number of esters is 1. The number of aliphatic hydroxyl groups is 1. The summed E-state index contributed by atoms with van der Waals surface area (Å²) in [6.07, 6.45) is 3.49. The topological polar surface area (TPSA) is 75.5 Å². The Bertz CT molecular complexity index is 464. The molecule has 1 atom stereocenters. The third kappa shape index (κ3) is 3.01. The van der Waals surface area contributed by atoms with Crippen LogP contribution in [0.15, 0.2) is 6.20 Å². The Morgan fingerprint density at radius 3 is 3.11 bits per heavy atom. The Labute approximate surface area is 112 Å². The van der Waals surface area contributed by atoms with Gasteiger partial charge in [-0.2, -0.15) is 0 Å². The average Bonchev–Trinajstić information content (AvgIpc) is 2.46. The fourth-order valence-corrected chi connectivity index (χ4v) is 2.36. The molecule has 0 spiro atoms. The average molecular weight is 265 g/mol. The zero-order valence-electron chi connectivity index (χ0n) is 11.3. The molecule has 1 aromatic heterocycles. The number of carbonyl (C=O) groups excluding carboxylic acids is 1. The number of rotatable bonds is 3. The summed E-state index contributed by atoms with van der Waals surface area (Å²) in [4.78, 5) is 22.2. The standard InChI is InChI=1S/C13H19N3O3/c1-9-14-6-11(13(18)19-2)12(15-9)16-5-3-4-10(7-16)8-17/h6,10,17H,3-5,7-8H2,1-2H3. The molecule has 2 heterocycles. The highest BCUT2D eigenvalue weighted by Gasteiger charge is 2.25. The molecule has 1 unspecified atom stereocenters. The molecule has 19 heavy (non-hydrogen) atoms. The smallest absolute Gasteiger partial charge is 0.343 e. The van der Waals surface area contributed by atoms with E-state index in [1.807, 2.05) is 4.90 Å². The van der Waals surface area contributed by atoms with Crippen LogP contribution in [0.3, 0.4) is 0 Å². The van der Waals surface area contributed by atoms with Crippen LogP contribution in [-0.4, -0.2) is 47.8 Å². The van der Waals surface area contributed by atoms with E-state index in [0.29, 0.717) is 23.8 Å². The fraction of sp³-hybridized carbons (Fsp3) is 0.615. The van der Waals surface area contributed by atoms with Crippen molar-refractivity contribution in [3.8, 4) is 0 Å². The van der Waals surface area contributed by atoms with Crippen molar-refractivity contribution in [3.05, 3.63) is 17.6 Å². The molecule has 1 aliphatic heterocycles. The molecule has 2 rings (SSSR count). The van der Waals surface area contributed by atoms with Gasteiger partial charge in [0.25, 0.3) is 0 Å². The highest BCUT2D eigenvalue weighted by molar-refractivity contribution is 5.94. The van der Waals surface area contributed by atoms with Crippen molar-refractivity contribution in [2.24, 2.45) is 5.92 Å². The maximum atomic E-state index is 11.8. The molecule has 0 saturated carbocycles. The summed E-state index contributed by atoms with van der Waals surface area (Å²) in [6.45, 7) is 3.49. The Kier molecular flexibility index (Phi) is 4.31. The molecule has 1 saturated heterocycles. The largest absolute Gasteiger partial charge is 0.465 e. The molecule has 0 bridgehead atoms. The summed E-state index contributed by atoms with van der Waals surface area (Å²) in [6, 6.07) is 0. The van der Waals surface area contributed by atoms with Gasteiger partial charge in [-0.15, -0.1) is 0 Å². The van der Waals surface area contributed by atoms with E-state index in [1.165, 1.54) is 13.3 Å². The summed E-state index contributed by atoms with van der Waals surface area (Å²) < 4.78 is 4.77. The lowest BCUT2D eigenvalue weighted by Gasteiger charge is -2.33. The van der Waals surface area contributed by atoms with Gasteiger partial charge in [0, 0.05) is 25.9 Å². The van der Waals surface area contributed by atoms with Crippen molar-refractivity contribution in [2.75, 3.05) is 31.7 Å². The minimum Gasteiger partial charge on any atom is -0.465 e. The van der Waals surface area contributed by atoms with Crippen LogP contribution in [0.2, 0.25) is 0 Å².